The highest BCUT2D eigenvalue weighted by atomic mass is 35.5. The van der Waals surface area contributed by atoms with E-state index in [1.54, 1.807) is 29.5 Å². The molecule has 1 N–H and O–H groups in total. The quantitative estimate of drug-likeness (QED) is 0.826. The summed E-state index contributed by atoms with van der Waals surface area (Å²) in [6, 6.07) is 9.14. The summed E-state index contributed by atoms with van der Waals surface area (Å²) >= 11 is 11.9. The number of aryl methyl sites for hydroxylation is 1. The fraction of sp³-hybridized carbons (Fsp3) is 0.154. The lowest BCUT2D eigenvalue weighted by atomic mass is 10.2. The number of carbonyl (C=O) groups excluding carboxylic acids is 1. The van der Waals surface area contributed by atoms with Crippen molar-refractivity contribution < 1.29 is 4.79 Å². The zero-order chi connectivity index (χ0) is 13.1. The molecule has 0 radical (unpaired) electrons. The number of rotatable bonds is 3. The lowest BCUT2D eigenvalue weighted by Crippen LogP contribution is -2.22. The number of thiophene rings is 1. The lowest BCUT2D eigenvalue weighted by molar-refractivity contribution is 0.0951. The molecule has 1 aromatic heterocycles. The molecule has 1 aromatic carbocycles. The normalized spacial score (nSPS) is 10.4. The molecule has 0 spiro atoms. The van der Waals surface area contributed by atoms with Crippen LogP contribution in [-0.2, 0) is 6.54 Å². The summed E-state index contributed by atoms with van der Waals surface area (Å²) in [6.45, 7) is 2.56. The Bertz CT molecular complexity index is 580. The number of carbonyl (C=O) groups is 1. The van der Waals surface area contributed by atoms with Crippen LogP contribution >= 0.6 is 35.6 Å². The Kier molecular flexibility index (Phi) is 4.32. The van der Waals surface area contributed by atoms with Gasteiger partial charge in [0.25, 0.3) is 5.91 Å². The van der Waals surface area contributed by atoms with Gasteiger partial charge in [0.2, 0.25) is 0 Å². The van der Waals surface area contributed by atoms with Crippen LogP contribution in [-0.4, -0.2) is 5.91 Å². The largest absolute Gasteiger partial charge is 0.347 e. The van der Waals surface area contributed by atoms with Crippen LogP contribution in [0.4, 0.5) is 0 Å². The molecule has 2 rings (SSSR count). The molecular formula is C13H12ClNOS2. The number of halogens is 1. The number of benzene rings is 1. The molecule has 0 saturated carbocycles. The molecular weight excluding hydrogens is 286 g/mol. The van der Waals surface area contributed by atoms with E-state index in [4.69, 9.17) is 11.6 Å². The first-order valence-electron chi connectivity index (χ1n) is 5.38. The van der Waals surface area contributed by atoms with Crippen LogP contribution in [0.25, 0.3) is 0 Å². The monoisotopic (exact) mass is 297 g/mol. The molecule has 1 heterocycles. The number of hydrogen-bond acceptors (Lipinski definition) is 3. The van der Waals surface area contributed by atoms with Gasteiger partial charge in [-0.05, 0) is 37.3 Å². The molecule has 0 aliphatic rings. The maximum atomic E-state index is 12.0. The molecule has 0 bridgehead atoms. The molecule has 0 fully saturated rings. The summed E-state index contributed by atoms with van der Waals surface area (Å²) in [5, 5.41) is 3.29. The minimum atomic E-state index is -0.179. The van der Waals surface area contributed by atoms with Crippen molar-refractivity contribution in [3.8, 4) is 0 Å². The van der Waals surface area contributed by atoms with Crippen LogP contribution in [0.15, 0.2) is 35.2 Å². The van der Waals surface area contributed by atoms with Crippen molar-refractivity contribution >= 4 is 41.5 Å². The Morgan fingerprint density at radius 2 is 2.17 bits per heavy atom. The number of amides is 1. The van der Waals surface area contributed by atoms with Crippen LogP contribution in [0, 0.1) is 6.92 Å². The van der Waals surface area contributed by atoms with E-state index in [9.17, 15) is 4.79 Å². The zero-order valence-electron chi connectivity index (χ0n) is 9.74. The van der Waals surface area contributed by atoms with E-state index in [1.807, 2.05) is 19.1 Å². The minimum Gasteiger partial charge on any atom is -0.347 e. The average molecular weight is 298 g/mol. The van der Waals surface area contributed by atoms with Crippen molar-refractivity contribution in [2.75, 3.05) is 0 Å². The molecule has 5 heteroatoms. The third kappa shape index (κ3) is 3.28. The van der Waals surface area contributed by atoms with E-state index in [0.717, 1.165) is 9.77 Å². The Morgan fingerprint density at radius 3 is 2.83 bits per heavy atom. The van der Waals surface area contributed by atoms with Crippen molar-refractivity contribution in [1.82, 2.24) is 5.32 Å². The first-order chi connectivity index (χ1) is 8.56. The van der Waals surface area contributed by atoms with Gasteiger partial charge in [-0.25, -0.2) is 0 Å². The van der Waals surface area contributed by atoms with Crippen molar-refractivity contribution in [3.05, 3.63) is 50.7 Å². The van der Waals surface area contributed by atoms with E-state index in [1.165, 1.54) is 4.88 Å². The summed E-state index contributed by atoms with van der Waals surface area (Å²) < 4.78 is 0. The molecule has 18 heavy (non-hydrogen) atoms. The topological polar surface area (TPSA) is 29.1 Å². The van der Waals surface area contributed by atoms with Crippen LogP contribution in [0.5, 0.6) is 0 Å². The third-order valence-electron chi connectivity index (χ3n) is 2.41. The van der Waals surface area contributed by atoms with Crippen molar-refractivity contribution in [2.45, 2.75) is 18.4 Å². The second-order valence-electron chi connectivity index (χ2n) is 3.86. The highest BCUT2D eigenvalue weighted by Crippen LogP contribution is 2.20. The standard InChI is InChI=1S/C13H12ClNOS2/c1-8-2-4-10(18-8)7-15-13(16)11-6-9(17)3-5-12(11)14/h2-6,17H,7H2,1H3,(H,15,16). The molecule has 0 unspecified atom stereocenters. The molecule has 0 saturated heterocycles. The van der Waals surface area contributed by atoms with Gasteiger partial charge in [0.15, 0.2) is 0 Å². The molecule has 94 valence electrons. The zero-order valence-corrected chi connectivity index (χ0v) is 12.2. The molecule has 0 aliphatic carbocycles. The Balaban J connectivity index is 2.05. The van der Waals surface area contributed by atoms with Crippen LogP contribution in [0.3, 0.4) is 0 Å². The number of thiol groups is 1. The summed E-state index contributed by atoms with van der Waals surface area (Å²) in [5.74, 6) is -0.179. The highest BCUT2D eigenvalue weighted by Gasteiger charge is 2.10. The molecule has 2 nitrogen and oxygen atoms in total. The van der Waals surface area contributed by atoms with Crippen LogP contribution in [0.1, 0.15) is 20.1 Å². The molecule has 0 aliphatic heterocycles. The van der Waals surface area contributed by atoms with Crippen molar-refractivity contribution in [1.29, 1.82) is 0 Å². The van der Waals surface area contributed by atoms with Gasteiger partial charge in [-0.15, -0.1) is 24.0 Å². The van der Waals surface area contributed by atoms with Crippen molar-refractivity contribution in [2.24, 2.45) is 0 Å². The van der Waals surface area contributed by atoms with E-state index in [-0.39, 0.29) is 5.91 Å². The predicted octanol–water partition coefficient (Wildman–Crippen LogP) is 3.93. The lowest BCUT2D eigenvalue weighted by Gasteiger charge is -2.06. The number of nitrogens with one attached hydrogen (secondary N) is 1. The maximum absolute atomic E-state index is 12.0. The van der Waals surface area contributed by atoms with Gasteiger partial charge in [-0.1, -0.05) is 11.6 Å². The first-order valence-corrected chi connectivity index (χ1v) is 7.02. The van der Waals surface area contributed by atoms with Gasteiger partial charge in [0, 0.05) is 14.6 Å². The van der Waals surface area contributed by atoms with E-state index < -0.39 is 0 Å². The first kappa shape index (κ1) is 13.5. The summed E-state index contributed by atoms with van der Waals surface area (Å²) in [7, 11) is 0. The van der Waals surface area contributed by atoms with Gasteiger partial charge in [0.1, 0.15) is 0 Å². The molecule has 0 atom stereocenters. The number of hydrogen-bond donors (Lipinski definition) is 2. The van der Waals surface area contributed by atoms with E-state index in [2.05, 4.69) is 17.9 Å². The van der Waals surface area contributed by atoms with Crippen LogP contribution < -0.4 is 5.32 Å². The fourth-order valence-electron chi connectivity index (χ4n) is 1.53. The van der Waals surface area contributed by atoms with Gasteiger partial charge in [0.05, 0.1) is 17.1 Å². The van der Waals surface area contributed by atoms with Gasteiger partial charge in [-0.2, -0.15) is 0 Å². The summed E-state index contributed by atoms with van der Waals surface area (Å²) in [4.78, 5) is 15.0. The highest BCUT2D eigenvalue weighted by molar-refractivity contribution is 7.80. The second-order valence-corrected chi connectivity index (χ2v) is 6.16. The molecule has 1 amide bonds. The second kappa shape index (κ2) is 5.78. The third-order valence-corrected chi connectivity index (χ3v) is 4.02. The van der Waals surface area contributed by atoms with E-state index in [0.29, 0.717) is 17.1 Å². The fourth-order valence-corrected chi connectivity index (χ4v) is 2.77. The van der Waals surface area contributed by atoms with E-state index >= 15 is 0 Å². The summed E-state index contributed by atoms with van der Waals surface area (Å²) in [6.07, 6.45) is 0. The predicted molar refractivity (Wildman–Crippen MR) is 78.9 cm³/mol. The Morgan fingerprint density at radius 1 is 1.39 bits per heavy atom. The smallest absolute Gasteiger partial charge is 0.253 e. The average Bonchev–Trinajstić information content (AvgIpc) is 2.75. The van der Waals surface area contributed by atoms with Crippen LogP contribution in [0.2, 0.25) is 5.02 Å². The van der Waals surface area contributed by atoms with Gasteiger partial charge in [-0.3, -0.25) is 4.79 Å². The minimum absolute atomic E-state index is 0.179. The maximum Gasteiger partial charge on any atom is 0.253 e. The van der Waals surface area contributed by atoms with Gasteiger partial charge < -0.3 is 5.32 Å². The van der Waals surface area contributed by atoms with Gasteiger partial charge >= 0.3 is 0 Å². The van der Waals surface area contributed by atoms with Crippen molar-refractivity contribution in [3.63, 3.8) is 0 Å². The SMILES string of the molecule is Cc1ccc(CNC(=O)c2cc(S)ccc2Cl)s1. The Labute approximate surface area is 120 Å². The summed E-state index contributed by atoms with van der Waals surface area (Å²) in [5.41, 5.74) is 0.456. The Hall–Kier alpha value is -0.970. The molecule has 2 aromatic rings.